The van der Waals surface area contributed by atoms with Gasteiger partial charge >= 0.3 is 124 Å². The summed E-state index contributed by atoms with van der Waals surface area (Å²) in [5.41, 5.74) is 2.47. The van der Waals surface area contributed by atoms with Gasteiger partial charge in [-0.15, -0.1) is 10.2 Å². The maximum Gasteiger partial charge on any atom is 1.00 e. The number of amides is 2. The SMILES string of the molecule is O=C(Nc1ccc(N=Nc2ccc(N=Nc3ccc(S(=O)(=O)[O-])cc3)cc2)c2cc(S(=O)(=O)[O-])ccc12)Nc1ccc(N=Nc2ccc(N=Nc3ccc(S(=O)(=O)[O-])cc3)cc2)c2cc(S(=O)(=O)[O-])ccc12.[Na+].[Na+].[Na+].[Na+]. The minimum atomic E-state index is -4.95. The van der Waals surface area contributed by atoms with E-state index in [4.69, 9.17) is 0 Å². The van der Waals surface area contributed by atoms with E-state index in [0.717, 1.165) is 48.5 Å². The van der Waals surface area contributed by atoms with Crippen molar-refractivity contribution in [2.45, 2.75) is 19.6 Å². The summed E-state index contributed by atoms with van der Waals surface area (Å²) in [7, 11) is -19.1. The third kappa shape index (κ3) is 16.8. The van der Waals surface area contributed by atoms with Crippen LogP contribution in [0.3, 0.4) is 0 Å². The van der Waals surface area contributed by atoms with Crippen molar-refractivity contribution in [1.29, 1.82) is 0 Å². The van der Waals surface area contributed by atoms with E-state index in [1.807, 2.05) is 0 Å². The van der Waals surface area contributed by atoms with E-state index in [0.29, 0.717) is 22.7 Å². The van der Waals surface area contributed by atoms with E-state index in [1.165, 1.54) is 60.7 Å². The molecule has 0 aromatic heterocycles. The molecule has 0 unspecified atom stereocenters. The summed E-state index contributed by atoms with van der Waals surface area (Å²) in [5, 5.41) is 39.2. The zero-order valence-electron chi connectivity index (χ0n) is 40.0. The predicted molar refractivity (Wildman–Crippen MR) is 255 cm³/mol. The largest absolute Gasteiger partial charge is 1.00 e. The van der Waals surface area contributed by atoms with Gasteiger partial charge in [0.1, 0.15) is 40.5 Å². The molecule has 0 saturated heterocycles. The van der Waals surface area contributed by atoms with Crippen LogP contribution in [0.1, 0.15) is 0 Å². The van der Waals surface area contributed by atoms with E-state index in [9.17, 15) is 56.7 Å². The van der Waals surface area contributed by atoms with Gasteiger partial charge in [-0.3, -0.25) is 0 Å². The minimum Gasteiger partial charge on any atom is -0.744 e. The molecule has 0 heterocycles. The molecule has 2 amide bonds. The van der Waals surface area contributed by atoms with Crippen molar-refractivity contribution in [3.63, 3.8) is 0 Å². The zero-order chi connectivity index (χ0) is 51.4. The fourth-order valence-corrected chi connectivity index (χ4v) is 8.52. The number of carbonyl (C=O) groups is 1. The van der Waals surface area contributed by atoms with Crippen LogP contribution < -0.4 is 129 Å². The molecule has 0 aliphatic rings. The Balaban J connectivity index is 0.00000312. The monoisotopic (exact) mass is 1140 g/mol. The van der Waals surface area contributed by atoms with Gasteiger partial charge in [-0.05, 0) is 146 Å². The summed E-state index contributed by atoms with van der Waals surface area (Å²) in [4.78, 5) is 11.6. The molecule has 0 spiro atoms. The molecule has 364 valence electrons. The predicted octanol–water partition coefficient (Wildman–Crippen LogP) is -1.07. The molecule has 0 bridgehead atoms. The fourth-order valence-electron chi connectivity index (χ4n) is 6.59. The molecule has 0 atom stereocenters. The molecular formula is C45H28N10Na4O13S4. The van der Waals surface area contributed by atoms with Gasteiger partial charge in [0.2, 0.25) is 0 Å². The van der Waals surface area contributed by atoms with Crippen molar-refractivity contribution in [2.24, 2.45) is 40.9 Å². The maximum absolute atomic E-state index is 13.6. The quantitative estimate of drug-likeness (QED) is 0.0745. The first-order chi connectivity index (χ1) is 34.1. The molecule has 0 fully saturated rings. The van der Waals surface area contributed by atoms with Gasteiger partial charge in [0, 0.05) is 21.5 Å². The Morgan fingerprint density at radius 1 is 0.303 bits per heavy atom. The Labute approximate surface area is 522 Å². The minimum absolute atomic E-state index is 0. The second kappa shape index (κ2) is 27.0. The smallest absolute Gasteiger partial charge is 0.744 e. The summed E-state index contributed by atoms with van der Waals surface area (Å²) in [6.07, 6.45) is 0. The van der Waals surface area contributed by atoms with Crippen LogP contribution in [0, 0.1) is 0 Å². The second-order valence-electron chi connectivity index (χ2n) is 14.9. The number of anilines is 2. The number of hydrogen-bond donors (Lipinski definition) is 2. The van der Waals surface area contributed by atoms with Crippen LogP contribution in [-0.2, 0) is 40.5 Å². The average Bonchev–Trinajstić information content (AvgIpc) is 3.34. The van der Waals surface area contributed by atoms with Crippen LogP contribution in [0.4, 0.5) is 61.7 Å². The van der Waals surface area contributed by atoms with Gasteiger partial charge in [0.15, 0.2) is 0 Å². The normalized spacial score (nSPS) is 12.1. The molecule has 0 radical (unpaired) electrons. The topological polar surface area (TPSA) is 369 Å². The van der Waals surface area contributed by atoms with Crippen LogP contribution >= 0.6 is 0 Å². The van der Waals surface area contributed by atoms with Gasteiger partial charge < -0.3 is 28.8 Å². The number of rotatable bonds is 14. The summed E-state index contributed by atoms with van der Waals surface area (Å²) >= 11 is 0. The fraction of sp³-hybridized carbons (Fsp3) is 0. The third-order valence-corrected chi connectivity index (χ3v) is 13.4. The van der Waals surface area contributed by atoms with Crippen LogP contribution in [0.25, 0.3) is 21.5 Å². The summed E-state index contributed by atoms with van der Waals surface area (Å²) in [5.74, 6) is 0. The molecule has 8 rings (SSSR count). The van der Waals surface area contributed by atoms with E-state index in [2.05, 4.69) is 51.5 Å². The summed E-state index contributed by atoms with van der Waals surface area (Å²) < 4.78 is 139. The molecule has 8 aromatic rings. The number of nitrogens with zero attached hydrogens (tertiary/aromatic N) is 8. The standard InChI is InChI=1S/C45H32N10O13S4.4Na/c56-45(46-41-21-23-43(39-25-35(71(63,64)65)17-19-37(39)41)54-52-29-5-1-27(2-6-29)48-50-31-9-13-33(14-10-31)69(57,58)59)47-42-22-24-44(40-26-36(72(66,67)68)18-20-38(40)42)55-53-30-7-3-28(4-8-30)49-51-32-11-15-34(16-12-32)70(60,61)62;;;;/h1-26H,(H2,46,47,56)(H,57,58,59)(H,60,61,62)(H,63,64,65)(H,66,67,68);;;;/q;4*+1/p-4. The van der Waals surface area contributed by atoms with Crippen LogP contribution in [0.15, 0.2) is 218 Å². The second-order valence-corrected chi connectivity index (χ2v) is 20.4. The van der Waals surface area contributed by atoms with Crippen molar-refractivity contribution in [3.8, 4) is 0 Å². The van der Waals surface area contributed by atoms with E-state index < -0.39 is 66.1 Å². The van der Waals surface area contributed by atoms with E-state index in [1.54, 1.807) is 48.5 Å². The number of urea groups is 1. The van der Waals surface area contributed by atoms with Crippen molar-refractivity contribution < 1.29 is 175 Å². The molecule has 0 aliphatic carbocycles. The van der Waals surface area contributed by atoms with Crippen LogP contribution in [0.2, 0.25) is 0 Å². The Kier molecular flexibility index (Phi) is 22.8. The number of fused-ring (bicyclic) bond motifs is 2. The maximum atomic E-state index is 13.6. The van der Waals surface area contributed by atoms with Gasteiger partial charge in [-0.25, -0.2) is 38.5 Å². The van der Waals surface area contributed by atoms with Crippen molar-refractivity contribution in [2.75, 3.05) is 10.6 Å². The van der Waals surface area contributed by atoms with Gasteiger partial charge in [0.25, 0.3) is 0 Å². The first-order valence-corrected chi connectivity index (χ1v) is 25.8. The number of nitrogens with one attached hydrogen (secondary N) is 2. The zero-order valence-corrected chi connectivity index (χ0v) is 51.3. The number of hydrogen-bond acceptors (Lipinski definition) is 21. The van der Waals surface area contributed by atoms with E-state index >= 15 is 0 Å². The van der Waals surface area contributed by atoms with Crippen LogP contribution in [0.5, 0.6) is 0 Å². The van der Waals surface area contributed by atoms with Gasteiger partial charge in [-0.1, -0.05) is 12.1 Å². The summed E-state index contributed by atoms with van der Waals surface area (Å²) in [6, 6.07) is 33.8. The molecule has 76 heavy (non-hydrogen) atoms. The Morgan fingerprint density at radius 3 is 0.803 bits per heavy atom. The first-order valence-electron chi connectivity index (χ1n) is 20.2. The third-order valence-electron chi connectivity index (χ3n) is 10.1. The molecular weight excluding hydrogens is 1110 g/mol. The number of carbonyl (C=O) groups excluding carboxylic acids is 1. The summed E-state index contributed by atoms with van der Waals surface area (Å²) in [6.45, 7) is 0. The Bertz CT molecular complexity index is 3790. The van der Waals surface area contributed by atoms with Crippen LogP contribution in [-0.4, -0.2) is 57.9 Å². The van der Waals surface area contributed by atoms with Gasteiger partial charge in [-0.2, -0.15) is 30.7 Å². The molecule has 2 N–H and O–H groups in total. The van der Waals surface area contributed by atoms with Gasteiger partial charge in [0.05, 0.1) is 76.5 Å². The number of azo groups is 4. The van der Waals surface area contributed by atoms with Crippen molar-refractivity contribution in [3.05, 3.63) is 158 Å². The molecule has 0 aliphatic heterocycles. The number of benzene rings is 8. The molecule has 8 aromatic carbocycles. The van der Waals surface area contributed by atoms with E-state index in [-0.39, 0.29) is 174 Å². The first kappa shape index (κ1) is 64.1. The molecule has 23 nitrogen and oxygen atoms in total. The average molecular weight is 1140 g/mol. The molecule has 0 saturated carbocycles. The molecule has 31 heteroatoms. The Hall–Kier alpha value is -4.41. The van der Waals surface area contributed by atoms with Crippen molar-refractivity contribution in [1.82, 2.24) is 0 Å². The Morgan fingerprint density at radius 2 is 0.539 bits per heavy atom. The van der Waals surface area contributed by atoms with Crippen molar-refractivity contribution >= 4 is 125 Å².